The van der Waals surface area contributed by atoms with Gasteiger partial charge in [-0.05, 0) is 33.3 Å². The van der Waals surface area contributed by atoms with Gasteiger partial charge in [0.25, 0.3) is 0 Å². The van der Waals surface area contributed by atoms with E-state index in [2.05, 4.69) is 10.3 Å². The molecule has 1 fully saturated rings. The molecule has 0 aromatic carbocycles. The first kappa shape index (κ1) is 16.0. The Morgan fingerprint density at radius 3 is 2.91 bits per heavy atom. The van der Waals surface area contributed by atoms with Crippen LogP contribution in [-0.2, 0) is 4.74 Å². The number of nitrogens with zero attached hydrogens (tertiary/aromatic N) is 3. The highest BCUT2D eigenvalue weighted by Gasteiger charge is 2.31. The summed E-state index contributed by atoms with van der Waals surface area (Å²) in [6.45, 7) is 6.42. The summed E-state index contributed by atoms with van der Waals surface area (Å²) in [6, 6.07) is 2.84. The molecule has 120 valence electrons. The van der Waals surface area contributed by atoms with Crippen LogP contribution in [-0.4, -0.2) is 45.6 Å². The lowest BCUT2D eigenvalue weighted by Gasteiger charge is -2.24. The van der Waals surface area contributed by atoms with Gasteiger partial charge in [0.1, 0.15) is 5.60 Å². The van der Waals surface area contributed by atoms with Gasteiger partial charge >= 0.3 is 11.8 Å². The Labute approximate surface area is 128 Å². The maximum absolute atomic E-state index is 12.0. The molecule has 1 aromatic rings. The molecule has 1 N–H and O–H groups in total. The maximum Gasteiger partial charge on any atom is 0.410 e. The lowest BCUT2D eigenvalue weighted by Crippen LogP contribution is -2.36. The smallest absolute Gasteiger partial charge is 0.410 e. The molecule has 0 spiro atoms. The Morgan fingerprint density at radius 2 is 2.27 bits per heavy atom. The van der Waals surface area contributed by atoms with E-state index < -0.39 is 10.5 Å². The average molecular weight is 308 g/mol. The molecule has 0 radical (unpaired) electrons. The maximum atomic E-state index is 12.0. The normalized spacial score (nSPS) is 18.1. The van der Waals surface area contributed by atoms with Crippen molar-refractivity contribution < 1.29 is 14.5 Å². The standard InChI is InChI=1S/C14H20N4O4/c1-14(2,3)22-13(19)17-8-6-10(9-17)16-12-11(18(20)21)5-4-7-15-12/h4-5,7,10H,6,8-9H2,1-3H3,(H,15,16)/t10-/m0/s1. The third-order valence-electron chi connectivity index (χ3n) is 3.16. The highest BCUT2D eigenvalue weighted by Crippen LogP contribution is 2.24. The number of hydrogen-bond acceptors (Lipinski definition) is 6. The number of carbonyl (C=O) groups is 1. The van der Waals surface area contributed by atoms with Crippen molar-refractivity contribution in [2.45, 2.75) is 38.8 Å². The van der Waals surface area contributed by atoms with Crippen LogP contribution in [0.1, 0.15) is 27.2 Å². The number of likely N-dealkylation sites (tertiary alicyclic amines) is 1. The molecular formula is C14H20N4O4. The van der Waals surface area contributed by atoms with Gasteiger partial charge in [-0.2, -0.15) is 0 Å². The molecule has 2 heterocycles. The van der Waals surface area contributed by atoms with Gasteiger partial charge < -0.3 is 15.0 Å². The molecule has 1 aliphatic rings. The number of aromatic nitrogens is 1. The number of carbonyl (C=O) groups excluding carboxylic acids is 1. The fourth-order valence-electron chi connectivity index (χ4n) is 2.22. The largest absolute Gasteiger partial charge is 0.444 e. The van der Waals surface area contributed by atoms with Crippen LogP contribution in [0.2, 0.25) is 0 Å². The van der Waals surface area contributed by atoms with Crippen molar-refractivity contribution in [2.24, 2.45) is 0 Å². The van der Waals surface area contributed by atoms with Crippen molar-refractivity contribution in [1.82, 2.24) is 9.88 Å². The molecule has 22 heavy (non-hydrogen) atoms. The predicted molar refractivity (Wildman–Crippen MR) is 80.7 cm³/mol. The first-order valence-corrected chi connectivity index (χ1v) is 7.10. The second-order valence-corrected chi connectivity index (χ2v) is 6.18. The SMILES string of the molecule is CC(C)(C)OC(=O)N1CC[C@H](Nc2ncccc2[N+](=O)[O-])C1. The van der Waals surface area contributed by atoms with E-state index in [1.165, 1.54) is 18.3 Å². The van der Waals surface area contributed by atoms with Crippen molar-refractivity contribution >= 4 is 17.6 Å². The number of anilines is 1. The van der Waals surface area contributed by atoms with Crippen LogP contribution < -0.4 is 5.32 Å². The van der Waals surface area contributed by atoms with Crippen LogP contribution >= 0.6 is 0 Å². The fraction of sp³-hybridized carbons (Fsp3) is 0.571. The number of nitro groups is 1. The summed E-state index contributed by atoms with van der Waals surface area (Å²) in [5, 5.41) is 14.0. The summed E-state index contributed by atoms with van der Waals surface area (Å²) >= 11 is 0. The molecule has 8 heteroatoms. The monoisotopic (exact) mass is 308 g/mol. The molecule has 1 aliphatic heterocycles. The number of rotatable bonds is 3. The summed E-state index contributed by atoms with van der Waals surface area (Å²) in [4.78, 5) is 28.1. The van der Waals surface area contributed by atoms with E-state index >= 15 is 0 Å². The van der Waals surface area contributed by atoms with Crippen molar-refractivity contribution in [3.63, 3.8) is 0 Å². The molecule has 1 aromatic heterocycles. The van der Waals surface area contributed by atoms with Crippen molar-refractivity contribution in [1.29, 1.82) is 0 Å². The van der Waals surface area contributed by atoms with Gasteiger partial charge in [-0.15, -0.1) is 0 Å². The second kappa shape index (κ2) is 6.17. The molecule has 8 nitrogen and oxygen atoms in total. The average Bonchev–Trinajstić information content (AvgIpc) is 2.86. The van der Waals surface area contributed by atoms with E-state index in [1.807, 2.05) is 20.8 Å². The Bertz CT molecular complexity index is 570. The third kappa shape index (κ3) is 4.06. The Kier molecular flexibility index (Phi) is 4.48. The van der Waals surface area contributed by atoms with E-state index in [1.54, 1.807) is 4.90 Å². The zero-order chi connectivity index (χ0) is 16.3. The lowest BCUT2D eigenvalue weighted by molar-refractivity contribution is -0.384. The van der Waals surface area contributed by atoms with Gasteiger partial charge in [-0.1, -0.05) is 0 Å². The summed E-state index contributed by atoms with van der Waals surface area (Å²) in [5.41, 5.74) is -0.610. The Balaban J connectivity index is 1.97. The van der Waals surface area contributed by atoms with Crippen LogP contribution in [0.4, 0.5) is 16.3 Å². The zero-order valence-corrected chi connectivity index (χ0v) is 12.9. The highest BCUT2D eigenvalue weighted by molar-refractivity contribution is 5.69. The summed E-state index contributed by atoms with van der Waals surface area (Å²) < 4.78 is 5.32. The Hall–Kier alpha value is -2.38. The molecule has 1 amide bonds. The second-order valence-electron chi connectivity index (χ2n) is 6.18. The predicted octanol–water partition coefficient (Wildman–Crippen LogP) is 2.41. The molecular weight excluding hydrogens is 288 g/mol. The van der Waals surface area contributed by atoms with Crippen LogP contribution in [0.5, 0.6) is 0 Å². The van der Waals surface area contributed by atoms with Gasteiger partial charge in [-0.3, -0.25) is 10.1 Å². The van der Waals surface area contributed by atoms with Crippen molar-refractivity contribution in [3.05, 3.63) is 28.4 Å². The third-order valence-corrected chi connectivity index (χ3v) is 3.16. The molecule has 0 unspecified atom stereocenters. The minimum absolute atomic E-state index is 0.0711. The van der Waals surface area contributed by atoms with E-state index in [0.717, 1.165) is 0 Å². The van der Waals surface area contributed by atoms with Crippen molar-refractivity contribution in [2.75, 3.05) is 18.4 Å². The van der Waals surface area contributed by atoms with Gasteiger partial charge in [0.15, 0.2) is 0 Å². The van der Waals surface area contributed by atoms with Gasteiger partial charge in [0, 0.05) is 31.4 Å². The molecule has 0 saturated carbocycles. The minimum atomic E-state index is -0.539. The van der Waals surface area contributed by atoms with E-state index in [4.69, 9.17) is 4.74 Å². The quantitative estimate of drug-likeness (QED) is 0.680. The highest BCUT2D eigenvalue weighted by atomic mass is 16.6. The summed E-state index contributed by atoms with van der Waals surface area (Å²) in [7, 11) is 0. The molecule has 2 rings (SSSR count). The van der Waals surface area contributed by atoms with Crippen LogP contribution in [0, 0.1) is 10.1 Å². The minimum Gasteiger partial charge on any atom is -0.444 e. The van der Waals surface area contributed by atoms with Crippen LogP contribution in [0.3, 0.4) is 0 Å². The summed E-state index contributed by atoms with van der Waals surface area (Å²) in [6.07, 6.45) is 1.82. The fourth-order valence-corrected chi connectivity index (χ4v) is 2.22. The number of amides is 1. The molecule has 0 aliphatic carbocycles. The van der Waals surface area contributed by atoms with Crippen LogP contribution in [0.15, 0.2) is 18.3 Å². The zero-order valence-electron chi connectivity index (χ0n) is 12.9. The Morgan fingerprint density at radius 1 is 1.55 bits per heavy atom. The number of hydrogen-bond donors (Lipinski definition) is 1. The number of nitrogens with one attached hydrogen (secondary N) is 1. The van der Waals surface area contributed by atoms with Gasteiger partial charge in [0.2, 0.25) is 5.82 Å². The van der Waals surface area contributed by atoms with E-state index in [-0.39, 0.29) is 23.6 Å². The summed E-state index contributed by atoms with van der Waals surface area (Å²) in [5.74, 6) is 0.225. The first-order chi connectivity index (χ1) is 10.3. The van der Waals surface area contributed by atoms with Crippen LogP contribution in [0.25, 0.3) is 0 Å². The van der Waals surface area contributed by atoms with Gasteiger partial charge in [0.05, 0.1) is 4.92 Å². The number of pyridine rings is 1. The van der Waals surface area contributed by atoms with E-state index in [9.17, 15) is 14.9 Å². The molecule has 1 saturated heterocycles. The topological polar surface area (TPSA) is 97.6 Å². The lowest BCUT2D eigenvalue weighted by atomic mass is 10.2. The van der Waals surface area contributed by atoms with Crippen molar-refractivity contribution in [3.8, 4) is 0 Å². The molecule has 1 atom stereocenters. The van der Waals surface area contributed by atoms with Gasteiger partial charge in [-0.25, -0.2) is 9.78 Å². The van der Waals surface area contributed by atoms with E-state index in [0.29, 0.717) is 19.5 Å². The first-order valence-electron chi connectivity index (χ1n) is 7.10. The molecule has 0 bridgehead atoms. The number of ether oxygens (including phenoxy) is 1.